The summed E-state index contributed by atoms with van der Waals surface area (Å²) in [7, 11) is -1.90. The van der Waals surface area contributed by atoms with Gasteiger partial charge in [0.25, 0.3) is 0 Å². The van der Waals surface area contributed by atoms with Gasteiger partial charge in [0.05, 0.1) is 26.4 Å². The second kappa shape index (κ2) is 7.62. The Morgan fingerprint density at radius 1 is 1.37 bits per heavy atom. The molecule has 1 aliphatic heterocycles. The van der Waals surface area contributed by atoms with Gasteiger partial charge >= 0.3 is 0 Å². The molecule has 2 atom stereocenters. The Morgan fingerprint density at radius 2 is 2.15 bits per heavy atom. The minimum absolute atomic E-state index is 0.0894. The number of methoxy groups -OCH3 is 1. The molecular weight excluding hydrogens is 372 g/mol. The molecule has 0 amide bonds. The maximum absolute atomic E-state index is 11.8. The number of nitrogens with zero attached hydrogens (tertiary/aromatic N) is 5. The lowest BCUT2D eigenvalue weighted by Crippen LogP contribution is -2.44. The lowest BCUT2D eigenvalue weighted by molar-refractivity contribution is 0.0985. The predicted molar refractivity (Wildman–Crippen MR) is 103 cm³/mol. The summed E-state index contributed by atoms with van der Waals surface area (Å²) in [6.45, 7) is 3.78. The molecule has 1 saturated heterocycles. The van der Waals surface area contributed by atoms with Crippen LogP contribution in [0, 0.1) is 0 Å². The first-order valence-corrected chi connectivity index (χ1v) is 10.1. The Bertz CT molecular complexity index is 952. The van der Waals surface area contributed by atoms with Crippen molar-refractivity contribution in [3.05, 3.63) is 18.2 Å². The molecule has 10 nitrogen and oxygen atoms in total. The van der Waals surface area contributed by atoms with Gasteiger partial charge in [-0.25, -0.2) is 14.2 Å². The molecule has 1 fully saturated rings. The van der Waals surface area contributed by atoms with Crippen molar-refractivity contribution in [2.75, 3.05) is 43.8 Å². The van der Waals surface area contributed by atoms with Crippen LogP contribution in [0.25, 0.3) is 11.4 Å². The molecule has 146 valence electrons. The number of morpholine rings is 1. The summed E-state index contributed by atoms with van der Waals surface area (Å²) < 4.78 is 35.8. The Labute approximate surface area is 157 Å². The number of nitrogens with two attached hydrogens (primary N) is 1. The van der Waals surface area contributed by atoms with Gasteiger partial charge in [-0.1, -0.05) is 0 Å². The van der Waals surface area contributed by atoms with Gasteiger partial charge in [0.1, 0.15) is 11.6 Å². The minimum atomic E-state index is -3.38. The lowest BCUT2D eigenvalue weighted by atomic mass is 10.2. The molecule has 2 aromatic rings. The van der Waals surface area contributed by atoms with Crippen LogP contribution in [0.15, 0.2) is 22.6 Å². The van der Waals surface area contributed by atoms with E-state index in [0.717, 1.165) is 6.26 Å². The number of aromatic nitrogens is 3. The summed E-state index contributed by atoms with van der Waals surface area (Å²) in [6.07, 6.45) is 1.12. The zero-order chi connectivity index (χ0) is 19.6. The highest BCUT2D eigenvalue weighted by Crippen LogP contribution is 2.28. The quantitative estimate of drug-likeness (QED) is 0.791. The van der Waals surface area contributed by atoms with Crippen LogP contribution in [0.2, 0.25) is 0 Å². The Balaban J connectivity index is 2.15. The highest BCUT2D eigenvalue weighted by molar-refractivity contribution is 7.87. The number of hydrogen-bond donors (Lipinski definition) is 2. The van der Waals surface area contributed by atoms with Gasteiger partial charge in [-0.15, -0.1) is 0 Å². The van der Waals surface area contributed by atoms with Crippen LogP contribution in [0.3, 0.4) is 0 Å². The molecule has 0 saturated carbocycles. The molecule has 0 bridgehead atoms. The zero-order valence-electron chi connectivity index (χ0n) is 15.3. The second-order valence-corrected chi connectivity index (χ2v) is 7.91. The van der Waals surface area contributed by atoms with Crippen LogP contribution in [0.1, 0.15) is 6.92 Å². The summed E-state index contributed by atoms with van der Waals surface area (Å²) in [4.78, 5) is 15.0. The second-order valence-electron chi connectivity index (χ2n) is 6.20. The van der Waals surface area contributed by atoms with E-state index in [1.807, 2.05) is 11.8 Å². The van der Waals surface area contributed by atoms with Gasteiger partial charge in [0.2, 0.25) is 5.88 Å². The first-order valence-electron chi connectivity index (χ1n) is 8.25. The molecule has 0 radical (unpaired) electrons. The van der Waals surface area contributed by atoms with Crippen molar-refractivity contribution in [3.63, 3.8) is 0 Å². The fourth-order valence-corrected chi connectivity index (χ4v) is 3.19. The fourth-order valence-electron chi connectivity index (χ4n) is 2.75. The zero-order valence-corrected chi connectivity index (χ0v) is 16.1. The smallest absolute Gasteiger partial charge is 0.215 e. The first kappa shape index (κ1) is 19.3. The fraction of sp³-hybridized carbons (Fsp3) is 0.438. The standard InChI is InChI=1S/C16H22N6O4S/c1-10-9-26-5-4-22(10)14-8-13(21-27(3,23)24)19-16(20-14)11-6-12(17)18-15(7-11)25-2/h6-8,10H,4-5,9H2,1-3H3,(H2,17,18)(H,19,20,21,23,24)/t10-/m1/s1. The number of pyridine rings is 1. The topological polar surface area (TPSA) is 136 Å². The van der Waals surface area contributed by atoms with Gasteiger partial charge in [-0.05, 0) is 13.0 Å². The van der Waals surface area contributed by atoms with Crippen LogP contribution in [-0.4, -0.2) is 62.9 Å². The van der Waals surface area contributed by atoms with Crippen molar-refractivity contribution in [3.8, 4) is 17.3 Å². The van der Waals surface area contributed by atoms with Crippen LogP contribution < -0.4 is 15.4 Å². The minimum Gasteiger partial charge on any atom is -0.481 e. The molecular formula is C16H22N6O4S. The number of anilines is 2. The van der Waals surface area contributed by atoms with Gasteiger partial charge < -0.3 is 24.7 Å². The molecule has 1 aliphatic rings. The maximum Gasteiger partial charge on any atom is 0.215 e. The number of hydrogen-bond acceptors (Lipinski definition) is 9. The van der Waals surface area contributed by atoms with E-state index in [-0.39, 0.29) is 17.7 Å². The van der Waals surface area contributed by atoms with E-state index in [1.165, 1.54) is 7.11 Å². The Kier molecular flexibility index (Phi) is 5.44. The number of nitrogen functional groups attached to an aromatic ring is 1. The monoisotopic (exact) mass is 394 g/mol. The third-order valence-corrected chi connectivity index (χ3v) is 4.44. The molecule has 1 unspecified atom stereocenters. The number of rotatable bonds is 4. The highest BCUT2D eigenvalue weighted by Gasteiger charge is 2.22. The molecule has 11 heteroatoms. The third-order valence-electron chi connectivity index (χ3n) is 3.91. The van der Waals surface area contributed by atoms with E-state index in [9.17, 15) is 8.76 Å². The average molecular weight is 394 g/mol. The molecule has 2 aromatic heterocycles. The Morgan fingerprint density at radius 3 is 2.81 bits per heavy atom. The third kappa shape index (κ3) is 4.81. The van der Waals surface area contributed by atoms with Gasteiger partial charge in [-0.3, -0.25) is 0 Å². The molecule has 3 N–H and O–H groups in total. The molecule has 0 aliphatic carbocycles. The van der Waals surface area contributed by atoms with Gasteiger partial charge in [0, 0.05) is 30.5 Å². The van der Waals surface area contributed by atoms with Crippen molar-refractivity contribution >= 4 is 27.5 Å². The van der Waals surface area contributed by atoms with Crippen LogP contribution >= 0.6 is 0 Å². The summed E-state index contributed by atoms with van der Waals surface area (Å²) in [5.74, 6) is 1.57. The van der Waals surface area contributed by atoms with E-state index < -0.39 is 10.0 Å². The van der Waals surface area contributed by atoms with E-state index >= 15 is 0 Å². The largest absolute Gasteiger partial charge is 0.481 e. The van der Waals surface area contributed by atoms with Crippen molar-refractivity contribution in [1.82, 2.24) is 15.0 Å². The van der Waals surface area contributed by atoms with Crippen molar-refractivity contribution < 1.29 is 18.2 Å². The van der Waals surface area contributed by atoms with Crippen LogP contribution in [0.5, 0.6) is 5.88 Å². The molecule has 27 heavy (non-hydrogen) atoms. The highest BCUT2D eigenvalue weighted by atomic mass is 32.2. The van der Waals surface area contributed by atoms with E-state index in [1.54, 1.807) is 18.2 Å². The molecule has 0 spiro atoms. The van der Waals surface area contributed by atoms with Crippen LogP contribution in [0.4, 0.5) is 17.5 Å². The van der Waals surface area contributed by atoms with E-state index in [0.29, 0.717) is 42.8 Å². The molecule has 3 rings (SSSR count). The summed E-state index contributed by atoms with van der Waals surface area (Å²) in [5, 5.41) is 0. The normalized spacial score (nSPS) is 19.4. The SMILES string of the molecule is COc1cc(-c2nc(N=S(C)(=O)O)cc(N3CCOC[C@H]3C)n2)cc(N)n1. The van der Waals surface area contributed by atoms with Crippen LogP contribution in [-0.2, 0) is 14.7 Å². The maximum atomic E-state index is 11.8. The van der Waals surface area contributed by atoms with Gasteiger partial charge in [0.15, 0.2) is 21.7 Å². The summed E-state index contributed by atoms with van der Waals surface area (Å²) in [5.41, 5.74) is 6.40. The van der Waals surface area contributed by atoms with Gasteiger partial charge in [-0.2, -0.15) is 9.35 Å². The molecule has 0 aromatic carbocycles. The Hall–Kier alpha value is -2.50. The number of ether oxygens (including phenoxy) is 2. The summed E-state index contributed by atoms with van der Waals surface area (Å²) in [6, 6.07) is 4.93. The van der Waals surface area contributed by atoms with Crippen molar-refractivity contribution in [2.45, 2.75) is 13.0 Å². The van der Waals surface area contributed by atoms with Crippen molar-refractivity contribution in [1.29, 1.82) is 0 Å². The lowest BCUT2D eigenvalue weighted by Gasteiger charge is -2.34. The van der Waals surface area contributed by atoms with E-state index in [2.05, 4.69) is 19.3 Å². The average Bonchev–Trinajstić information content (AvgIpc) is 2.59. The van der Waals surface area contributed by atoms with Crippen molar-refractivity contribution in [2.24, 2.45) is 4.36 Å². The predicted octanol–water partition coefficient (Wildman–Crippen LogP) is 1.56. The summed E-state index contributed by atoms with van der Waals surface area (Å²) >= 11 is 0. The van der Waals surface area contributed by atoms with E-state index in [4.69, 9.17) is 15.2 Å². The first-order chi connectivity index (χ1) is 12.7. The molecule has 3 heterocycles.